The molecule has 1 aromatic heterocycles. The Morgan fingerprint density at radius 3 is 2.70 bits per heavy atom. The van der Waals surface area contributed by atoms with Crippen LogP contribution >= 0.6 is 0 Å². The van der Waals surface area contributed by atoms with Gasteiger partial charge in [-0.1, -0.05) is 18.2 Å². The smallest absolute Gasteiger partial charge is 0.161 e. The van der Waals surface area contributed by atoms with Gasteiger partial charge < -0.3 is 14.8 Å². The van der Waals surface area contributed by atoms with Crippen LogP contribution in [0.3, 0.4) is 0 Å². The monoisotopic (exact) mass is 399 g/mol. The summed E-state index contributed by atoms with van der Waals surface area (Å²) in [6.07, 6.45) is 8.57. The molecule has 0 radical (unpaired) electrons. The highest BCUT2D eigenvalue weighted by Crippen LogP contribution is 2.32. The van der Waals surface area contributed by atoms with Crippen LogP contribution < -0.4 is 14.8 Å². The molecule has 152 valence electrons. The van der Waals surface area contributed by atoms with E-state index in [-0.39, 0.29) is 6.10 Å². The maximum absolute atomic E-state index is 9.13. The van der Waals surface area contributed by atoms with Crippen LogP contribution in [0.1, 0.15) is 36.8 Å². The van der Waals surface area contributed by atoms with Crippen molar-refractivity contribution in [2.45, 2.75) is 38.3 Å². The molecule has 30 heavy (non-hydrogen) atoms. The van der Waals surface area contributed by atoms with Gasteiger partial charge in [0.25, 0.3) is 0 Å². The molecule has 1 aliphatic rings. The molecule has 1 saturated carbocycles. The molecule has 1 fully saturated rings. The molecule has 1 N–H and O–H groups in total. The molecule has 4 rings (SSSR count). The average molecular weight is 399 g/mol. The fraction of sp³-hybridized carbons (Fsp3) is 0.280. The van der Waals surface area contributed by atoms with E-state index in [0.717, 1.165) is 46.7 Å². The summed E-state index contributed by atoms with van der Waals surface area (Å²) in [5.41, 5.74) is 4.61. The van der Waals surface area contributed by atoms with Crippen LogP contribution in [0.5, 0.6) is 11.5 Å². The highest BCUT2D eigenvalue weighted by molar-refractivity contribution is 5.68. The minimum Gasteiger partial charge on any atom is -0.493 e. The number of hydrogen-bond donors (Lipinski definition) is 1. The number of aromatic nitrogens is 1. The lowest BCUT2D eigenvalue weighted by Crippen LogP contribution is -2.12. The highest BCUT2D eigenvalue weighted by atomic mass is 16.5. The van der Waals surface area contributed by atoms with Gasteiger partial charge in [-0.2, -0.15) is 5.26 Å². The summed E-state index contributed by atoms with van der Waals surface area (Å²) < 4.78 is 11.7. The Morgan fingerprint density at radius 1 is 1.03 bits per heavy atom. The van der Waals surface area contributed by atoms with Crippen LogP contribution in [0, 0.1) is 11.3 Å². The van der Waals surface area contributed by atoms with Crippen LogP contribution in [-0.4, -0.2) is 18.2 Å². The second-order valence-electron chi connectivity index (χ2n) is 7.52. The average Bonchev–Trinajstić information content (AvgIpc) is 3.31. The first-order chi connectivity index (χ1) is 14.7. The van der Waals surface area contributed by atoms with Gasteiger partial charge in [0.1, 0.15) is 0 Å². The van der Waals surface area contributed by atoms with Gasteiger partial charge in [-0.3, -0.25) is 4.98 Å². The zero-order valence-corrected chi connectivity index (χ0v) is 17.1. The maximum atomic E-state index is 9.13. The van der Waals surface area contributed by atoms with Gasteiger partial charge in [-0.15, -0.1) is 0 Å². The predicted octanol–water partition coefficient (Wildman–Crippen LogP) is 5.56. The highest BCUT2D eigenvalue weighted by Gasteiger charge is 2.18. The molecule has 0 atom stereocenters. The van der Waals surface area contributed by atoms with Gasteiger partial charge in [0.05, 0.1) is 30.5 Å². The Balaban J connectivity index is 1.47. The number of pyridine rings is 1. The first-order valence-electron chi connectivity index (χ1n) is 10.3. The molecule has 0 spiro atoms. The number of ether oxygens (including phenoxy) is 2. The quantitative estimate of drug-likeness (QED) is 0.563. The predicted molar refractivity (Wildman–Crippen MR) is 118 cm³/mol. The summed E-state index contributed by atoms with van der Waals surface area (Å²) in [6, 6.07) is 17.8. The molecule has 1 aliphatic carbocycles. The summed E-state index contributed by atoms with van der Waals surface area (Å²) in [5.74, 6) is 1.58. The van der Waals surface area contributed by atoms with Crippen LogP contribution in [0.4, 0.5) is 5.69 Å². The number of nitrogens with one attached hydrogen (secondary N) is 1. The molecule has 0 aliphatic heterocycles. The minimum absolute atomic E-state index is 0.284. The summed E-state index contributed by atoms with van der Waals surface area (Å²) >= 11 is 0. The standard InChI is InChI=1S/C25H25N3O2/c1-29-24-10-9-19(12-25(24)30-23-7-2-3-8-23)15-28-22-13-21(16-27-17-22)20-6-4-5-18(11-20)14-26/h4-6,9-13,16-17,23,28H,2-3,7-8,15H2,1H3. The van der Waals surface area contributed by atoms with Crippen molar-refractivity contribution in [2.24, 2.45) is 0 Å². The first-order valence-corrected chi connectivity index (χ1v) is 10.3. The SMILES string of the molecule is COc1ccc(CNc2cncc(-c3cccc(C#N)c3)c2)cc1OC1CCCC1. The van der Waals surface area contributed by atoms with E-state index >= 15 is 0 Å². The molecule has 1 heterocycles. The summed E-state index contributed by atoms with van der Waals surface area (Å²) in [7, 11) is 1.67. The summed E-state index contributed by atoms with van der Waals surface area (Å²) in [6.45, 7) is 0.647. The third kappa shape index (κ3) is 4.72. The number of rotatable bonds is 7. The van der Waals surface area contributed by atoms with Crippen LogP contribution in [0.15, 0.2) is 60.9 Å². The van der Waals surface area contributed by atoms with Crippen molar-refractivity contribution in [2.75, 3.05) is 12.4 Å². The second kappa shape index (κ2) is 9.32. The first kappa shape index (κ1) is 19.8. The van der Waals surface area contributed by atoms with Gasteiger partial charge in [-0.05, 0) is 67.1 Å². The zero-order chi connectivity index (χ0) is 20.8. The molecule has 5 heteroatoms. The fourth-order valence-electron chi connectivity index (χ4n) is 3.78. The van der Waals surface area contributed by atoms with E-state index < -0.39 is 0 Å². The lowest BCUT2D eigenvalue weighted by Gasteiger charge is -2.17. The van der Waals surface area contributed by atoms with Crippen LogP contribution in [0.2, 0.25) is 0 Å². The molecule has 0 unspecified atom stereocenters. The van der Waals surface area contributed by atoms with Gasteiger partial charge in [0.2, 0.25) is 0 Å². The zero-order valence-electron chi connectivity index (χ0n) is 17.1. The topological polar surface area (TPSA) is 67.2 Å². The van der Waals surface area contributed by atoms with Crippen molar-refractivity contribution in [3.05, 3.63) is 72.1 Å². The lowest BCUT2D eigenvalue weighted by atomic mass is 10.0. The molecular formula is C25H25N3O2. The molecule has 0 bridgehead atoms. The number of methoxy groups -OCH3 is 1. The van der Waals surface area contributed by atoms with Gasteiger partial charge >= 0.3 is 0 Å². The molecular weight excluding hydrogens is 374 g/mol. The van der Waals surface area contributed by atoms with Crippen molar-refractivity contribution in [3.8, 4) is 28.7 Å². The van der Waals surface area contributed by atoms with Crippen LogP contribution in [0.25, 0.3) is 11.1 Å². The summed E-state index contributed by atoms with van der Waals surface area (Å²) in [5, 5.41) is 12.6. The Labute approximate surface area is 177 Å². The molecule has 3 aromatic rings. The fourth-order valence-corrected chi connectivity index (χ4v) is 3.78. The van der Waals surface area contributed by atoms with E-state index in [1.54, 1.807) is 19.4 Å². The van der Waals surface area contributed by atoms with Gasteiger partial charge in [-0.25, -0.2) is 0 Å². The number of nitrogens with zero attached hydrogens (tertiary/aromatic N) is 2. The van der Waals surface area contributed by atoms with Crippen molar-refractivity contribution in [1.29, 1.82) is 5.26 Å². The van der Waals surface area contributed by atoms with Crippen molar-refractivity contribution < 1.29 is 9.47 Å². The Hall–Kier alpha value is -3.52. The van der Waals surface area contributed by atoms with Crippen LogP contribution in [-0.2, 0) is 6.54 Å². The van der Waals surface area contributed by atoms with Gasteiger partial charge in [0, 0.05) is 24.5 Å². The number of nitriles is 1. The van der Waals surface area contributed by atoms with E-state index in [1.165, 1.54) is 12.8 Å². The van der Waals surface area contributed by atoms with E-state index in [9.17, 15) is 0 Å². The number of hydrogen-bond acceptors (Lipinski definition) is 5. The molecule has 0 amide bonds. The Bertz CT molecular complexity index is 1050. The summed E-state index contributed by atoms with van der Waals surface area (Å²) in [4.78, 5) is 4.35. The molecule has 5 nitrogen and oxygen atoms in total. The van der Waals surface area contributed by atoms with Gasteiger partial charge in [0.15, 0.2) is 11.5 Å². The molecule has 2 aromatic carbocycles. The molecule has 0 saturated heterocycles. The second-order valence-corrected chi connectivity index (χ2v) is 7.52. The van der Waals surface area contributed by atoms with E-state index in [2.05, 4.69) is 22.4 Å². The van der Waals surface area contributed by atoms with E-state index in [0.29, 0.717) is 12.1 Å². The minimum atomic E-state index is 0.284. The third-order valence-electron chi connectivity index (χ3n) is 5.38. The van der Waals surface area contributed by atoms with Crippen molar-refractivity contribution in [3.63, 3.8) is 0 Å². The maximum Gasteiger partial charge on any atom is 0.161 e. The third-order valence-corrected chi connectivity index (χ3v) is 5.38. The Kier molecular flexibility index (Phi) is 6.14. The normalized spacial score (nSPS) is 13.6. The largest absolute Gasteiger partial charge is 0.493 e. The Morgan fingerprint density at radius 2 is 1.90 bits per heavy atom. The van der Waals surface area contributed by atoms with Crippen molar-refractivity contribution >= 4 is 5.69 Å². The number of benzene rings is 2. The van der Waals surface area contributed by atoms with E-state index in [1.807, 2.05) is 42.6 Å². The number of anilines is 1. The van der Waals surface area contributed by atoms with Crippen molar-refractivity contribution in [1.82, 2.24) is 4.98 Å². The van der Waals surface area contributed by atoms with E-state index in [4.69, 9.17) is 14.7 Å². The lowest BCUT2D eigenvalue weighted by molar-refractivity contribution is 0.200.